The number of carbonyl (C=O) groups excluding carboxylic acids is 1. The van der Waals surface area contributed by atoms with Crippen LogP contribution in [0.25, 0.3) is 0 Å². The molecule has 0 bridgehead atoms. The number of amides is 1. The van der Waals surface area contributed by atoms with Crippen molar-refractivity contribution in [3.8, 4) is 0 Å². The molecule has 2 N–H and O–H groups in total. The van der Waals surface area contributed by atoms with Gasteiger partial charge in [0.25, 0.3) is 0 Å². The zero-order valence-corrected chi connectivity index (χ0v) is 12.4. The maximum Gasteiger partial charge on any atom is 0.221 e. The summed E-state index contributed by atoms with van der Waals surface area (Å²) < 4.78 is 0. The summed E-state index contributed by atoms with van der Waals surface area (Å²) in [5.74, 6) is 0.0749. The van der Waals surface area contributed by atoms with Gasteiger partial charge in [-0.1, -0.05) is 29.8 Å². The molecule has 0 atom stereocenters. The van der Waals surface area contributed by atoms with E-state index in [0.717, 1.165) is 5.56 Å². The monoisotopic (exact) mass is 270 g/mol. The number of nitrogens with one attached hydrogen (secondary N) is 2. The molecule has 0 radical (unpaired) electrons. The molecule has 1 aromatic carbocycles. The SMILES string of the molecule is CNCCC(=O)NC(C)(C)c1cccc(C)c1.Cl. The van der Waals surface area contributed by atoms with E-state index in [9.17, 15) is 4.79 Å². The van der Waals surface area contributed by atoms with E-state index in [-0.39, 0.29) is 23.9 Å². The minimum absolute atomic E-state index is 0. The molecule has 4 heteroatoms. The number of benzene rings is 1. The first kappa shape index (κ1) is 16.9. The molecule has 0 aromatic heterocycles. The molecule has 0 fully saturated rings. The lowest BCUT2D eigenvalue weighted by Gasteiger charge is -2.27. The first-order valence-electron chi connectivity index (χ1n) is 5.98. The molecule has 3 nitrogen and oxygen atoms in total. The first-order chi connectivity index (χ1) is 7.95. The van der Waals surface area contributed by atoms with Gasteiger partial charge in [-0.05, 0) is 33.4 Å². The highest BCUT2D eigenvalue weighted by molar-refractivity contribution is 5.85. The molecule has 0 spiro atoms. The molecule has 1 amide bonds. The Morgan fingerprint density at radius 2 is 2.00 bits per heavy atom. The summed E-state index contributed by atoms with van der Waals surface area (Å²) in [7, 11) is 1.85. The topological polar surface area (TPSA) is 41.1 Å². The van der Waals surface area contributed by atoms with Crippen molar-refractivity contribution >= 4 is 18.3 Å². The minimum Gasteiger partial charge on any atom is -0.347 e. The Kier molecular flexibility index (Phi) is 6.96. The number of hydrogen-bond donors (Lipinski definition) is 2. The maximum absolute atomic E-state index is 11.7. The average molecular weight is 271 g/mol. The van der Waals surface area contributed by atoms with Crippen molar-refractivity contribution in [3.63, 3.8) is 0 Å². The molecule has 0 heterocycles. The molecule has 0 aliphatic carbocycles. The highest BCUT2D eigenvalue weighted by Crippen LogP contribution is 2.20. The summed E-state index contributed by atoms with van der Waals surface area (Å²) in [6.45, 7) is 6.82. The van der Waals surface area contributed by atoms with Gasteiger partial charge in [0.15, 0.2) is 0 Å². The van der Waals surface area contributed by atoms with Crippen molar-refractivity contribution in [1.82, 2.24) is 10.6 Å². The molecule has 1 rings (SSSR count). The number of aryl methyl sites for hydroxylation is 1. The predicted octanol–water partition coefficient (Wildman–Crippen LogP) is 2.38. The van der Waals surface area contributed by atoms with Crippen molar-refractivity contribution < 1.29 is 4.79 Å². The molecule has 1 aromatic rings. The summed E-state index contributed by atoms with van der Waals surface area (Å²) >= 11 is 0. The van der Waals surface area contributed by atoms with E-state index in [2.05, 4.69) is 29.7 Å². The zero-order chi connectivity index (χ0) is 12.9. The quantitative estimate of drug-likeness (QED) is 0.863. The lowest BCUT2D eigenvalue weighted by atomic mass is 9.93. The second-order valence-corrected chi connectivity index (χ2v) is 4.90. The zero-order valence-electron chi connectivity index (χ0n) is 11.5. The third-order valence-electron chi connectivity index (χ3n) is 2.79. The summed E-state index contributed by atoms with van der Waals surface area (Å²) in [5, 5.41) is 6.03. The van der Waals surface area contributed by atoms with E-state index in [4.69, 9.17) is 0 Å². The van der Waals surface area contributed by atoms with Gasteiger partial charge in [-0.15, -0.1) is 12.4 Å². The lowest BCUT2D eigenvalue weighted by Crippen LogP contribution is -2.41. The molecule has 102 valence electrons. The van der Waals surface area contributed by atoms with Gasteiger partial charge in [0.1, 0.15) is 0 Å². The first-order valence-corrected chi connectivity index (χ1v) is 5.98. The highest BCUT2D eigenvalue weighted by Gasteiger charge is 2.22. The van der Waals surface area contributed by atoms with Crippen molar-refractivity contribution in [1.29, 1.82) is 0 Å². The van der Waals surface area contributed by atoms with Crippen molar-refractivity contribution in [2.75, 3.05) is 13.6 Å². The Morgan fingerprint density at radius 3 is 2.56 bits per heavy atom. The van der Waals surface area contributed by atoms with Crippen LogP contribution in [0.1, 0.15) is 31.4 Å². The summed E-state index contributed by atoms with van der Waals surface area (Å²) in [4.78, 5) is 11.7. The van der Waals surface area contributed by atoms with Crippen LogP contribution in [0, 0.1) is 6.92 Å². The van der Waals surface area contributed by atoms with Crippen LogP contribution in [0.3, 0.4) is 0 Å². The third kappa shape index (κ3) is 5.07. The van der Waals surface area contributed by atoms with E-state index in [1.807, 2.05) is 33.0 Å². The van der Waals surface area contributed by atoms with Crippen molar-refractivity contribution in [2.45, 2.75) is 32.7 Å². The van der Waals surface area contributed by atoms with Crippen LogP contribution in [-0.4, -0.2) is 19.5 Å². The molecule has 0 aliphatic rings. The molecular weight excluding hydrogens is 248 g/mol. The van der Waals surface area contributed by atoms with Crippen LogP contribution in [0.15, 0.2) is 24.3 Å². The minimum atomic E-state index is -0.323. The number of hydrogen-bond acceptors (Lipinski definition) is 2. The number of halogens is 1. The number of carbonyl (C=O) groups is 1. The van der Waals surface area contributed by atoms with Gasteiger partial charge in [-0.25, -0.2) is 0 Å². The second-order valence-electron chi connectivity index (χ2n) is 4.90. The van der Waals surface area contributed by atoms with E-state index >= 15 is 0 Å². The average Bonchev–Trinajstić information content (AvgIpc) is 2.26. The summed E-state index contributed by atoms with van der Waals surface area (Å²) in [5.41, 5.74) is 2.02. The van der Waals surface area contributed by atoms with Gasteiger partial charge in [0.05, 0.1) is 5.54 Å². The van der Waals surface area contributed by atoms with Gasteiger partial charge in [-0.3, -0.25) is 4.79 Å². The summed E-state index contributed by atoms with van der Waals surface area (Å²) in [6, 6.07) is 8.23. The largest absolute Gasteiger partial charge is 0.347 e. The summed E-state index contributed by atoms with van der Waals surface area (Å²) in [6.07, 6.45) is 0.506. The van der Waals surface area contributed by atoms with Crippen molar-refractivity contribution in [2.24, 2.45) is 0 Å². The van der Waals surface area contributed by atoms with Gasteiger partial charge in [0, 0.05) is 13.0 Å². The normalized spacial score (nSPS) is 10.7. The Bertz CT molecular complexity index is 391. The Labute approximate surface area is 116 Å². The molecular formula is C14H23ClN2O. The molecule has 18 heavy (non-hydrogen) atoms. The van der Waals surface area contributed by atoms with Crippen LogP contribution in [-0.2, 0) is 10.3 Å². The molecule has 0 saturated heterocycles. The van der Waals surface area contributed by atoms with Crippen LogP contribution in [0.2, 0.25) is 0 Å². The van der Waals surface area contributed by atoms with Gasteiger partial charge < -0.3 is 10.6 Å². The van der Waals surface area contributed by atoms with Crippen molar-refractivity contribution in [3.05, 3.63) is 35.4 Å². The van der Waals surface area contributed by atoms with E-state index in [0.29, 0.717) is 13.0 Å². The van der Waals surface area contributed by atoms with Crippen LogP contribution < -0.4 is 10.6 Å². The third-order valence-corrected chi connectivity index (χ3v) is 2.79. The van der Waals surface area contributed by atoms with E-state index in [1.165, 1.54) is 5.56 Å². The molecule has 0 saturated carbocycles. The fraction of sp³-hybridized carbons (Fsp3) is 0.500. The standard InChI is InChI=1S/C14H22N2O.ClH/c1-11-6-5-7-12(10-11)14(2,3)16-13(17)8-9-15-4;/h5-7,10,15H,8-9H2,1-4H3,(H,16,17);1H. The fourth-order valence-electron chi connectivity index (χ4n) is 1.76. The highest BCUT2D eigenvalue weighted by atomic mass is 35.5. The van der Waals surface area contributed by atoms with Gasteiger partial charge >= 0.3 is 0 Å². The van der Waals surface area contributed by atoms with E-state index in [1.54, 1.807) is 0 Å². The lowest BCUT2D eigenvalue weighted by molar-refractivity contribution is -0.122. The van der Waals surface area contributed by atoms with Gasteiger partial charge in [-0.2, -0.15) is 0 Å². The fourth-order valence-corrected chi connectivity index (χ4v) is 1.76. The second kappa shape index (κ2) is 7.39. The molecule has 0 aliphatic heterocycles. The smallest absolute Gasteiger partial charge is 0.221 e. The van der Waals surface area contributed by atoms with Crippen LogP contribution in [0.5, 0.6) is 0 Å². The maximum atomic E-state index is 11.7. The van der Waals surface area contributed by atoms with Crippen LogP contribution in [0.4, 0.5) is 0 Å². The number of rotatable bonds is 5. The van der Waals surface area contributed by atoms with E-state index < -0.39 is 0 Å². The molecule has 0 unspecified atom stereocenters. The Balaban J connectivity index is 0.00000289. The Morgan fingerprint density at radius 1 is 1.33 bits per heavy atom. The Hall–Kier alpha value is -1.06. The van der Waals surface area contributed by atoms with Gasteiger partial charge in [0.2, 0.25) is 5.91 Å². The predicted molar refractivity (Wildman–Crippen MR) is 78.1 cm³/mol. The van der Waals surface area contributed by atoms with Crippen LogP contribution >= 0.6 is 12.4 Å².